The van der Waals surface area contributed by atoms with Gasteiger partial charge in [0.05, 0.1) is 13.3 Å². The summed E-state index contributed by atoms with van der Waals surface area (Å²) in [5.74, 6) is -0.767. The highest BCUT2D eigenvalue weighted by Gasteiger charge is 2.38. The molecule has 5 nitrogen and oxygen atoms in total. The highest BCUT2D eigenvalue weighted by atomic mass is 19.4. The molecule has 8 heteroatoms. The van der Waals surface area contributed by atoms with Crippen LogP contribution in [0.1, 0.15) is 21.5 Å². The zero-order valence-corrected chi connectivity index (χ0v) is 14.3. The average molecular weight is 375 g/mol. The van der Waals surface area contributed by atoms with E-state index in [0.717, 1.165) is 0 Å². The molecule has 0 aliphatic heterocycles. The number of aromatic amines is 1. The number of nitrogens with zero attached hydrogens (tertiary/aromatic N) is 1. The molecule has 0 bridgehead atoms. The van der Waals surface area contributed by atoms with Crippen LogP contribution in [-0.4, -0.2) is 23.2 Å². The molecule has 3 rings (SSSR count). The Kier molecular flexibility index (Phi) is 5.16. The minimum absolute atomic E-state index is 0.0872. The zero-order chi connectivity index (χ0) is 19.4. The molecule has 27 heavy (non-hydrogen) atoms. The van der Waals surface area contributed by atoms with Gasteiger partial charge in [-0.3, -0.25) is 9.89 Å². The third kappa shape index (κ3) is 3.94. The van der Waals surface area contributed by atoms with E-state index < -0.39 is 17.6 Å². The van der Waals surface area contributed by atoms with Gasteiger partial charge in [0.15, 0.2) is 0 Å². The number of hydrogen-bond acceptors (Lipinski definition) is 3. The highest BCUT2D eigenvalue weighted by Crippen LogP contribution is 2.43. The van der Waals surface area contributed by atoms with Crippen LogP contribution < -0.4 is 10.1 Å². The van der Waals surface area contributed by atoms with E-state index in [1.54, 1.807) is 30.3 Å². The number of aromatic nitrogens is 2. The van der Waals surface area contributed by atoms with Gasteiger partial charge in [0.2, 0.25) is 0 Å². The Hall–Kier alpha value is -3.29. The summed E-state index contributed by atoms with van der Waals surface area (Å²) in [4.78, 5) is 12.2. The SMILES string of the molecule is COc1c(-c2cn[nH]c2)ccc(CNC(=O)c2ccccc2)c1C(F)(F)F. The number of carbonyl (C=O) groups is 1. The first-order valence-electron chi connectivity index (χ1n) is 8.01. The number of alkyl halides is 3. The smallest absolute Gasteiger partial charge is 0.420 e. The highest BCUT2D eigenvalue weighted by molar-refractivity contribution is 5.94. The topological polar surface area (TPSA) is 67.0 Å². The predicted molar refractivity (Wildman–Crippen MR) is 93.2 cm³/mol. The Morgan fingerprint density at radius 2 is 1.93 bits per heavy atom. The van der Waals surface area contributed by atoms with Crippen molar-refractivity contribution < 1.29 is 22.7 Å². The molecule has 0 radical (unpaired) electrons. The standard InChI is InChI=1S/C19H16F3N3O2/c1-27-17-15(14-10-24-25-11-14)8-7-13(16(17)19(20,21)22)9-23-18(26)12-5-3-2-4-6-12/h2-8,10-11H,9H2,1H3,(H,23,26)(H,24,25). The van der Waals surface area contributed by atoms with Gasteiger partial charge in [0.25, 0.3) is 5.91 Å². The Morgan fingerprint density at radius 1 is 1.19 bits per heavy atom. The molecule has 2 N–H and O–H groups in total. The molecule has 1 aromatic heterocycles. The van der Waals surface area contributed by atoms with Crippen LogP contribution in [0.3, 0.4) is 0 Å². The molecule has 2 aromatic carbocycles. The van der Waals surface area contributed by atoms with E-state index in [2.05, 4.69) is 15.5 Å². The molecular formula is C19H16F3N3O2. The average Bonchev–Trinajstić information content (AvgIpc) is 3.19. The van der Waals surface area contributed by atoms with Crippen LogP contribution in [0, 0.1) is 0 Å². The molecule has 140 valence electrons. The van der Waals surface area contributed by atoms with Crippen molar-refractivity contribution in [1.82, 2.24) is 15.5 Å². The number of amides is 1. The Labute approximate surface area is 153 Å². The molecule has 0 saturated heterocycles. The number of hydrogen-bond donors (Lipinski definition) is 2. The van der Waals surface area contributed by atoms with Crippen molar-refractivity contribution in [2.45, 2.75) is 12.7 Å². The number of benzene rings is 2. The summed E-state index contributed by atoms with van der Waals surface area (Å²) in [5, 5.41) is 8.85. The van der Waals surface area contributed by atoms with E-state index in [0.29, 0.717) is 11.1 Å². The summed E-state index contributed by atoms with van der Waals surface area (Å²) in [6.45, 7) is -0.287. The molecule has 1 heterocycles. The molecule has 0 aliphatic rings. The van der Waals surface area contributed by atoms with E-state index in [4.69, 9.17) is 4.74 Å². The van der Waals surface area contributed by atoms with E-state index in [9.17, 15) is 18.0 Å². The van der Waals surface area contributed by atoms with Gasteiger partial charge in [-0.25, -0.2) is 0 Å². The molecule has 0 unspecified atom stereocenters. The minimum atomic E-state index is -4.65. The molecule has 0 atom stereocenters. The van der Waals surface area contributed by atoms with Crippen molar-refractivity contribution in [3.8, 4) is 16.9 Å². The van der Waals surface area contributed by atoms with E-state index >= 15 is 0 Å². The van der Waals surface area contributed by atoms with E-state index in [-0.39, 0.29) is 23.4 Å². The second kappa shape index (κ2) is 7.53. The van der Waals surface area contributed by atoms with Gasteiger partial charge in [-0.15, -0.1) is 0 Å². The molecule has 3 aromatic rings. The summed E-state index contributed by atoms with van der Waals surface area (Å²) in [6.07, 6.45) is -1.76. The van der Waals surface area contributed by atoms with Gasteiger partial charge in [-0.1, -0.05) is 30.3 Å². The number of halogens is 3. The summed E-state index contributed by atoms with van der Waals surface area (Å²) < 4.78 is 46.3. The molecule has 0 fully saturated rings. The molecule has 0 saturated carbocycles. The van der Waals surface area contributed by atoms with Crippen LogP contribution >= 0.6 is 0 Å². The van der Waals surface area contributed by atoms with Crippen LogP contribution in [0.25, 0.3) is 11.1 Å². The lowest BCUT2D eigenvalue weighted by molar-refractivity contribution is -0.139. The van der Waals surface area contributed by atoms with Crippen molar-refractivity contribution in [1.29, 1.82) is 0 Å². The molecule has 0 aliphatic carbocycles. The second-order valence-electron chi connectivity index (χ2n) is 5.71. The van der Waals surface area contributed by atoms with Crippen molar-refractivity contribution in [2.24, 2.45) is 0 Å². The monoisotopic (exact) mass is 375 g/mol. The van der Waals surface area contributed by atoms with Gasteiger partial charge in [-0.2, -0.15) is 18.3 Å². The van der Waals surface area contributed by atoms with Crippen LogP contribution in [0.5, 0.6) is 5.75 Å². The van der Waals surface area contributed by atoms with E-state index in [1.807, 2.05) is 0 Å². The van der Waals surface area contributed by atoms with Gasteiger partial charge >= 0.3 is 6.18 Å². The lowest BCUT2D eigenvalue weighted by Crippen LogP contribution is -2.25. The fraction of sp³-hybridized carbons (Fsp3) is 0.158. The van der Waals surface area contributed by atoms with Gasteiger partial charge in [0.1, 0.15) is 11.3 Å². The Balaban J connectivity index is 1.96. The van der Waals surface area contributed by atoms with Gasteiger partial charge in [0, 0.05) is 29.4 Å². The number of carbonyl (C=O) groups excluding carboxylic acids is 1. The Morgan fingerprint density at radius 3 is 2.52 bits per heavy atom. The number of ether oxygens (including phenoxy) is 1. The first-order chi connectivity index (χ1) is 12.9. The van der Waals surface area contributed by atoms with Crippen LogP contribution in [0.15, 0.2) is 54.9 Å². The third-order valence-electron chi connectivity index (χ3n) is 4.02. The summed E-state index contributed by atoms with van der Waals surface area (Å²) in [6, 6.07) is 11.1. The van der Waals surface area contributed by atoms with Crippen molar-refractivity contribution in [3.63, 3.8) is 0 Å². The molecule has 1 amide bonds. The lowest BCUT2D eigenvalue weighted by atomic mass is 9.98. The maximum atomic E-state index is 13.7. The van der Waals surface area contributed by atoms with Crippen molar-refractivity contribution in [3.05, 3.63) is 71.5 Å². The largest absolute Gasteiger partial charge is 0.495 e. The summed E-state index contributed by atoms with van der Waals surface area (Å²) in [7, 11) is 1.18. The summed E-state index contributed by atoms with van der Waals surface area (Å²) in [5.41, 5.74) is 0.0925. The number of methoxy groups -OCH3 is 1. The summed E-state index contributed by atoms with van der Waals surface area (Å²) >= 11 is 0. The number of nitrogens with one attached hydrogen (secondary N) is 2. The second-order valence-corrected chi connectivity index (χ2v) is 5.71. The maximum Gasteiger partial charge on any atom is 0.420 e. The number of rotatable bonds is 5. The minimum Gasteiger partial charge on any atom is -0.495 e. The lowest BCUT2D eigenvalue weighted by Gasteiger charge is -2.19. The Bertz CT molecular complexity index is 923. The zero-order valence-electron chi connectivity index (χ0n) is 14.3. The fourth-order valence-corrected chi connectivity index (χ4v) is 2.79. The molecule has 0 spiro atoms. The van der Waals surface area contributed by atoms with Gasteiger partial charge in [-0.05, 0) is 17.7 Å². The van der Waals surface area contributed by atoms with Crippen LogP contribution in [-0.2, 0) is 12.7 Å². The normalized spacial score (nSPS) is 11.3. The van der Waals surface area contributed by atoms with Crippen molar-refractivity contribution in [2.75, 3.05) is 7.11 Å². The fourth-order valence-electron chi connectivity index (χ4n) is 2.79. The first-order valence-corrected chi connectivity index (χ1v) is 8.01. The third-order valence-corrected chi connectivity index (χ3v) is 4.02. The van der Waals surface area contributed by atoms with Crippen LogP contribution in [0.4, 0.5) is 13.2 Å². The first kappa shape index (κ1) is 18.5. The quantitative estimate of drug-likeness (QED) is 0.707. The number of H-pyrrole nitrogens is 1. The predicted octanol–water partition coefficient (Wildman–Crippen LogP) is 4.03. The van der Waals surface area contributed by atoms with Crippen molar-refractivity contribution >= 4 is 5.91 Å². The van der Waals surface area contributed by atoms with Crippen LogP contribution in [0.2, 0.25) is 0 Å². The molecular weight excluding hydrogens is 359 g/mol. The van der Waals surface area contributed by atoms with Gasteiger partial charge < -0.3 is 10.1 Å². The maximum absolute atomic E-state index is 13.7. The van der Waals surface area contributed by atoms with E-state index in [1.165, 1.54) is 31.6 Å².